The molecule has 0 amide bonds. The van der Waals surface area contributed by atoms with Gasteiger partial charge in [0.15, 0.2) is 6.29 Å². The van der Waals surface area contributed by atoms with E-state index in [9.17, 15) is 0 Å². The van der Waals surface area contributed by atoms with E-state index in [-0.39, 0.29) is 11.8 Å². The number of ether oxygens (including phenoxy) is 2. The number of hydrogen-bond acceptors (Lipinski definition) is 4. The Balaban J connectivity index is 4.86. The highest BCUT2D eigenvalue weighted by atomic mass is 16.7. The monoisotopic (exact) mass is 232 g/mol. The first kappa shape index (κ1) is 15.8. The molecule has 0 fully saturated rings. The van der Waals surface area contributed by atoms with Crippen molar-refractivity contribution in [1.29, 1.82) is 0 Å². The molecule has 0 saturated carbocycles. The minimum atomic E-state index is -0.295. The second-order valence-corrected chi connectivity index (χ2v) is 4.80. The molecule has 0 aliphatic heterocycles. The number of rotatable bonds is 8. The van der Waals surface area contributed by atoms with Crippen LogP contribution in [0.15, 0.2) is 0 Å². The molecule has 4 heteroatoms. The summed E-state index contributed by atoms with van der Waals surface area (Å²) in [6.07, 6.45) is -0.295. The van der Waals surface area contributed by atoms with Gasteiger partial charge in [0.25, 0.3) is 0 Å². The smallest absolute Gasteiger partial charge is 0.176 e. The topological polar surface area (TPSA) is 47.7 Å². The van der Waals surface area contributed by atoms with E-state index in [1.54, 1.807) is 14.2 Å². The molecule has 0 aromatic carbocycles. The molecule has 0 heterocycles. The van der Waals surface area contributed by atoms with Crippen molar-refractivity contribution in [1.82, 2.24) is 4.90 Å². The first-order valence-electron chi connectivity index (χ1n) is 5.96. The molecule has 1 unspecified atom stereocenters. The van der Waals surface area contributed by atoms with Gasteiger partial charge in [-0.1, -0.05) is 20.8 Å². The van der Waals surface area contributed by atoms with Crippen LogP contribution in [0.3, 0.4) is 0 Å². The molecule has 0 radical (unpaired) electrons. The Hall–Kier alpha value is -0.160. The van der Waals surface area contributed by atoms with Crippen molar-refractivity contribution < 1.29 is 9.47 Å². The molecular weight excluding hydrogens is 204 g/mol. The van der Waals surface area contributed by atoms with Gasteiger partial charge in [-0.05, 0) is 19.4 Å². The van der Waals surface area contributed by atoms with Gasteiger partial charge < -0.3 is 15.2 Å². The molecule has 0 aliphatic carbocycles. The first-order valence-corrected chi connectivity index (χ1v) is 5.96. The Morgan fingerprint density at radius 2 is 1.75 bits per heavy atom. The molecule has 0 bridgehead atoms. The Morgan fingerprint density at radius 1 is 1.25 bits per heavy atom. The Bertz CT molecular complexity index is 184. The normalized spacial score (nSPS) is 16.1. The Labute approximate surface area is 100 Å². The largest absolute Gasteiger partial charge is 0.354 e. The number of nitrogens with two attached hydrogens (primary N) is 1. The van der Waals surface area contributed by atoms with E-state index in [1.807, 2.05) is 0 Å². The minimum absolute atomic E-state index is 0.275. The average molecular weight is 232 g/mol. The molecule has 0 spiro atoms. The Morgan fingerprint density at radius 3 is 2.00 bits per heavy atom. The van der Waals surface area contributed by atoms with Crippen LogP contribution >= 0.6 is 0 Å². The standard InChI is InChI=1S/C12H28N2O2/c1-7-14(8-10(2)3)12(4,9-13)11(15-5)16-6/h10-11H,7-9,13H2,1-6H3. The zero-order valence-electron chi connectivity index (χ0n) is 11.6. The Kier molecular flexibility index (Phi) is 7.15. The molecule has 0 aromatic rings. The summed E-state index contributed by atoms with van der Waals surface area (Å²) >= 11 is 0. The summed E-state index contributed by atoms with van der Waals surface area (Å²) in [7, 11) is 3.32. The summed E-state index contributed by atoms with van der Waals surface area (Å²) in [6, 6.07) is 0. The maximum absolute atomic E-state index is 5.91. The van der Waals surface area contributed by atoms with Gasteiger partial charge in [-0.15, -0.1) is 0 Å². The van der Waals surface area contributed by atoms with Crippen LogP contribution in [-0.2, 0) is 9.47 Å². The van der Waals surface area contributed by atoms with Crippen LogP contribution in [0.2, 0.25) is 0 Å². The highest BCUT2D eigenvalue weighted by Crippen LogP contribution is 2.22. The molecule has 16 heavy (non-hydrogen) atoms. The molecule has 1 atom stereocenters. The van der Waals surface area contributed by atoms with Crippen LogP contribution < -0.4 is 5.73 Å². The third-order valence-corrected chi connectivity index (χ3v) is 3.04. The van der Waals surface area contributed by atoms with Gasteiger partial charge in [0.2, 0.25) is 0 Å². The zero-order valence-corrected chi connectivity index (χ0v) is 11.6. The summed E-state index contributed by atoms with van der Waals surface area (Å²) in [5.74, 6) is 0.597. The quantitative estimate of drug-likeness (QED) is 0.641. The highest BCUT2D eigenvalue weighted by molar-refractivity contribution is 4.91. The van der Waals surface area contributed by atoms with E-state index in [1.165, 1.54) is 0 Å². The lowest BCUT2D eigenvalue weighted by Crippen LogP contribution is -2.61. The zero-order chi connectivity index (χ0) is 12.8. The fourth-order valence-electron chi connectivity index (χ4n) is 2.12. The molecular formula is C12H28N2O2. The van der Waals surface area contributed by atoms with Crippen molar-refractivity contribution in [3.8, 4) is 0 Å². The highest BCUT2D eigenvalue weighted by Gasteiger charge is 2.38. The molecule has 0 rings (SSSR count). The van der Waals surface area contributed by atoms with E-state index < -0.39 is 0 Å². The SMILES string of the molecule is CCN(CC(C)C)C(C)(CN)C(OC)OC. The van der Waals surface area contributed by atoms with Crippen molar-refractivity contribution in [3.63, 3.8) is 0 Å². The first-order chi connectivity index (χ1) is 7.46. The summed E-state index contributed by atoms with van der Waals surface area (Å²) < 4.78 is 10.8. The van der Waals surface area contributed by atoms with E-state index in [2.05, 4.69) is 32.6 Å². The summed E-state index contributed by atoms with van der Waals surface area (Å²) in [4.78, 5) is 2.33. The molecule has 98 valence electrons. The van der Waals surface area contributed by atoms with E-state index in [0.717, 1.165) is 13.1 Å². The van der Waals surface area contributed by atoms with Gasteiger partial charge in [0.1, 0.15) is 0 Å². The van der Waals surface area contributed by atoms with E-state index >= 15 is 0 Å². The molecule has 4 nitrogen and oxygen atoms in total. The van der Waals surface area contributed by atoms with Gasteiger partial charge >= 0.3 is 0 Å². The lowest BCUT2D eigenvalue weighted by atomic mass is 9.97. The second kappa shape index (κ2) is 7.22. The van der Waals surface area contributed by atoms with Gasteiger partial charge in [-0.2, -0.15) is 0 Å². The fourth-order valence-corrected chi connectivity index (χ4v) is 2.12. The predicted molar refractivity (Wildman–Crippen MR) is 67.4 cm³/mol. The third kappa shape index (κ3) is 3.70. The predicted octanol–water partition coefficient (Wildman–Crippen LogP) is 1.30. The van der Waals surface area contributed by atoms with Crippen LogP contribution in [0.1, 0.15) is 27.7 Å². The van der Waals surface area contributed by atoms with Crippen molar-refractivity contribution >= 4 is 0 Å². The maximum atomic E-state index is 5.91. The van der Waals surface area contributed by atoms with Gasteiger partial charge in [-0.25, -0.2) is 0 Å². The van der Waals surface area contributed by atoms with Crippen LogP contribution in [0.4, 0.5) is 0 Å². The van der Waals surface area contributed by atoms with E-state index in [4.69, 9.17) is 15.2 Å². The van der Waals surface area contributed by atoms with Gasteiger partial charge in [-0.3, -0.25) is 4.90 Å². The van der Waals surface area contributed by atoms with Crippen LogP contribution in [0, 0.1) is 5.92 Å². The van der Waals surface area contributed by atoms with Crippen LogP contribution in [0.5, 0.6) is 0 Å². The molecule has 0 aromatic heterocycles. The van der Waals surface area contributed by atoms with Crippen LogP contribution in [0.25, 0.3) is 0 Å². The number of nitrogens with zero attached hydrogens (tertiary/aromatic N) is 1. The van der Waals surface area contributed by atoms with E-state index in [0.29, 0.717) is 12.5 Å². The fraction of sp³-hybridized carbons (Fsp3) is 1.00. The molecule has 0 saturated heterocycles. The van der Waals surface area contributed by atoms with Gasteiger partial charge in [0.05, 0.1) is 5.54 Å². The average Bonchev–Trinajstić information content (AvgIpc) is 2.26. The van der Waals surface area contributed by atoms with Crippen molar-refractivity contribution in [2.45, 2.75) is 39.5 Å². The molecule has 0 aliphatic rings. The third-order valence-electron chi connectivity index (χ3n) is 3.04. The molecule has 2 N–H and O–H groups in total. The van der Waals surface area contributed by atoms with Crippen molar-refractivity contribution in [2.75, 3.05) is 33.9 Å². The lowest BCUT2D eigenvalue weighted by Gasteiger charge is -2.44. The van der Waals surface area contributed by atoms with Crippen LogP contribution in [-0.4, -0.2) is 50.6 Å². The summed E-state index contributed by atoms with van der Waals surface area (Å²) in [5.41, 5.74) is 5.63. The van der Waals surface area contributed by atoms with Crippen molar-refractivity contribution in [2.24, 2.45) is 11.7 Å². The van der Waals surface area contributed by atoms with Gasteiger partial charge in [0, 0.05) is 27.3 Å². The number of likely N-dealkylation sites (N-methyl/N-ethyl adjacent to an activating group) is 1. The maximum Gasteiger partial charge on any atom is 0.176 e. The second-order valence-electron chi connectivity index (χ2n) is 4.80. The number of methoxy groups -OCH3 is 2. The number of hydrogen-bond donors (Lipinski definition) is 1. The van der Waals surface area contributed by atoms with Crippen molar-refractivity contribution in [3.05, 3.63) is 0 Å². The summed E-state index contributed by atoms with van der Waals surface area (Å²) in [6.45, 7) is 11.1. The lowest BCUT2D eigenvalue weighted by molar-refractivity contribution is -0.182. The summed E-state index contributed by atoms with van der Waals surface area (Å²) in [5, 5.41) is 0. The minimum Gasteiger partial charge on any atom is -0.354 e.